The van der Waals surface area contributed by atoms with Crippen molar-refractivity contribution in [1.82, 2.24) is 9.78 Å². The van der Waals surface area contributed by atoms with Crippen molar-refractivity contribution in [2.45, 2.75) is 26.1 Å². The van der Waals surface area contributed by atoms with Crippen LogP contribution < -0.4 is 5.32 Å². The van der Waals surface area contributed by atoms with Crippen LogP contribution in [0.4, 0.5) is 18.9 Å². The Morgan fingerprint density at radius 1 is 1.28 bits per heavy atom. The summed E-state index contributed by atoms with van der Waals surface area (Å²) in [5.74, 6) is -2.33. The molecular formula is C17H16F3N3O2. The molecule has 0 bridgehead atoms. The van der Waals surface area contributed by atoms with E-state index >= 15 is 0 Å². The highest BCUT2D eigenvalue weighted by Crippen LogP contribution is 2.19. The van der Waals surface area contributed by atoms with Gasteiger partial charge in [0, 0.05) is 17.9 Å². The van der Waals surface area contributed by atoms with Gasteiger partial charge in [0.05, 0.1) is 11.8 Å². The van der Waals surface area contributed by atoms with Crippen molar-refractivity contribution in [2.24, 2.45) is 0 Å². The molecule has 25 heavy (non-hydrogen) atoms. The second-order valence-corrected chi connectivity index (χ2v) is 5.58. The molecule has 132 valence electrons. The molecule has 1 aromatic heterocycles. The molecule has 1 aromatic carbocycles. The van der Waals surface area contributed by atoms with Crippen LogP contribution in [0, 0.1) is 0 Å². The number of rotatable bonds is 5. The number of hydrogen-bond donors (Lipinski definition) is 1. The molecule has 1 amide bonds. The van der Waals surface area contributed by atoms with E-state index in [2.05, 4.69) is 5.10 Å². The van der Waals surface area contributed by atoms with E-state index in [9.17, 15) is 22.8 Å². The highest BCUT2D eigenvalue weighted by molar-refractivity contribution is 6.06. The van der Waals surface area contributed by atoms with E-state index in [0.29, 0.717) is 11.1 Å². The first-order valence-corrected chi connectivity index (χ1v) is 7.41. The van der Waals surface area contributed by atoms with Crippen molar-refractivity contribution < 1.29 is 22.8 Å². The van der Waals surface area contributed by atoms with E-state index in [0.717, 1.165) is 0 Å². The maximum absolute atomic E-state index is 12.3. The lowest BCUT2D eigenvalue weighted by Crippen LogP contribution is -2.29. The molecule has 2 aromatic rings. The fourth-order valence-electron chi connectivity index (χ4n) is 1.94. The molecule has 0 aliphatic rings. The number of nitrogens with zero attached hydrogens (tertiary/aromatic N) is 2. The van der Waals surface area contributed by atoms with Gasteiger partial charge in [-0.3, -0.25) is 14.3 Å². The highest BCUT2D eigenvalue weighted by Gasteiger charge is 2.38. The highest BCUT2D eigenvalue weighted by atomic mass is 19.4. The van der Waals surface area contributed by atoms with Gasteiger partial charge < -0.3 is 5.32 Å². The van der Waals surface area contributed by atoms with Gasteiger partial charge in [0.2, 0.25) is 0 Å². The quantitative estimate of drug-likeness (QED) is 0.657. The van der Waals surface area contributed by atoms with Crippen molar-refractivity contribution in [1.29, 1.82) is 0 Å². The summed E-state index contributed by atoms with van der Waals surface area (Å²) in [6.07, 6.45) is 0.868. The normalized spacial score (nSPS) is 11.9. The van der Waals surface area contributed by atoms with E-state index in [1.54, 1.807) is 22.3 Å². The zero-order chi connectivity index (χ0) is 18.6. The smallest absolute Gasteiger partial charge is 0.318 e. The molecule has 0 radical (unpaired) electrons. The third kappa shape index (κ3) is 5.03. The van der Waals surface area contributed by atoms with E-state index in [-0.39, 0.29) is 17.5 Å². The summed E-state index contributed by atoms with van der Waals surface area (Å²) >= 11 is 0. The number of alkyl halides is 3. The Morgan fingerprint density at radius 2 is 2.00 bits per heavy atom. The molecule has 5 nitrogen and oxygen atoms in total. The van der Waals surface area contributed by atoms with Crippen molar-refractivity contribution in [3.05, 3.63) is 53.9 Å². The fraction of sp³-hybridized carbons (Fsp3) is 0.235. The maximum atomic E-state index is 12.3. The molecule has 0 aliphatic carbocycles. The second-order valence-electron chi connectivity index (χ2n) is 5.58. The Balaban J connectivity index is 2.09. The van der Waals surface area contributed by atoms with Crippen LogP contribution >= 0.6 is 0 Å². The van der Waals surface area contributed by atoms with Gasteiger partial charge in [-0.1, -0.05) is 18.2 Å². The molecule has 0 saturated heterocycles. The summed E-state index contributed by atoms with van der Waals surface area (Å²) in [5.41, 5.74) is 0.876. The van der Waals surface area contributed by atoms with Crippen LogP contribution in [0.3, 0.4) is 0 Å². The van der Waals surface area contributed by atoms with Gasteiger partial charge in [0.25, 0.3) is 0 Å². The van der Waals surface area contributed by atoms with E-state index < -0.39 is 12.1 Å². The average Bonchev–Trinajstić information content (AvgIpc) is 3.02. The van der Waals surface area contributed by atoms with Crippen molar-refractivity contribution in [3.63, 3.8) is 0 Å². The minimum absolute atomic E-state index is 0.00967. The zero-order valence-electron chi connectivity index (χ0n) is 13.5. The van der Waals surface area contributed by atoms with Crippen LogP contribution in [-0.4, -0.2) is 27.6 Å². The number of carbonyl (C=O) groups is 2. The molecule has 0 aliphatic heterocycles. The monoisotopic (exact) mass is 351 g/mol. The number of hydrogen-bond acceptors (Lipinski definition) is 3. The molecule has 0 fully saturated rings. The molecule has 0 spiro atoms. The van der Waals surface area contributed by atoms with Gasteiger partial charge in [-0.25, -0.2) is 0 Å². The van der Waals surface area contributed by atoms with E-state index in [1.165, 1.54) is 36.5 Å². The van der Waals surface area contributed by atoms with Crippen molar-refractivity contribution in [3.8, 4) is 0 Å². The van der Waals surface area contributed by atoms with Crippen LogP contribution in [-0.2, 0) is 4.79 Å². The van der Waals surface area contributed by atoms with Crippen LogP contribution in [0.1, 0.15) is 35.8 Å². The largest absolute Gasteiger partial charge is 0.471 e. The lowest BCUT2D eigenvalue weighted by atomic mass is 10.1. The summed E-state index contributed by atoms with van der Waals surface area (Å²) in [6.45, 7) is 3.86. The summed E-state index contributed by atoms with van der Waals surface area (Å²) < 4.78 is 38.4. The number of halogens is 3. The molecule has 8 heteroatoms. The van der Waals surface area contributed by atoms with Crippen LogP contribution in [0.5, 0.6) is 0 Å². The number of ketones is 1. The minimum Gasteiger partial charge on any atom is -0.318 e. The first-order chi connectivity index (χ1) is 11.7. The van der Waals surface area contributed by atoms with Crippen molar-refractivity contribution >= 4 is 23.5 Å². The summed E-state index contributed by atoms with van der Waals surface area (Å²) in [6, 6.07) is 5.87. The number of nitrogens with one attached hydrogen (secondary N) is 1. The standard InChI is InChI=1S/C17H16F3N3O2/c1-11(2)23-10-13(9-21-23)15(24)7-6-12-4-3-5-14(8-12)22-16(25)17(18,19)20/h3-11H,1-2H3,(H,22,25). The van der Waals surface area contributed by atoms with Crippen LogP contribution in [0.2, 0.25) is 0 Å². The van der Waals surface area contributed by atoms with E-state index in [4.69, 9.17) is 0 Å². The minimum atomic E-state index is -4.96. The molecule has 1 N–H and O–H groups in total. The van der Waals surface area contributed by atoms with Crippen molar-refractivity contribution in [2.75, 3.05) is 5.32 Å². The lowest BCUT2D eigenvalue weighted by Gasteiger charge is -2.08. The van der Waals surface area contributed by atoms with E-state index in [1.807, 2.05) is 13.8 Å². The molecule has 0 unspecified atom stereocenters. The molecule has 1 heterocycles. The molecule has 0 atom stereocenters. The van der Waals surface area contributed by atoms with Gasteiger partial charge in [0.1, 0.15) is 0 Å². The summed E-state index contributed by atoms with van der Waals surface area (Å²) in [4.78, 5) is 23.0. The van der Waals surface area contributed by atoms with Gasteiger partial charge >= 0.3 is 12.1 Å². The fourth-order valence-corrected chi connectivity index (χ4v) is 1.94. The van der Waals surface area contributed by atoms with Crippen LogP contribution in [0.25, 0.3) is 6.08 Å². The SMILES string of the molecule is CC(C)n1cc(C(=O)C=Cc2cccc(NC(=O)C(F)(F)F)c2)cn1. The number of benzene rings is 1. The topological polar surface area (TPSA) is 64.0 Å². The lowest BCUT2D eigenvalue weighted by molar-refractivity contribution is -0.167. The predicted octanol–water partition coefficient (Wildman–Crippen LogP) is 3.86. The Hall–Kier alpha value is -2.90. The molecular weight excluding hydrogens is 335 g/mol. The third-order valence-corrected chi connectivity index (χ3v) is 3.24. The number of allylic oxidation sites excluding steroid dienone is 1. The third-order valence-electron chi connectivity index (χ3n) is 3.24. The van der Waals surface area contributed by atoms with Gasteiger partial charge in [-0.2, -0.15) is 18.3 Å². The first-order valence-electron chi connectivity index (χ1n) is 7.41. The maximum Gasteiger partial charge on any atom is 0.471 e. The molecule has 2 rings (SSSR count). The number of aromatic nitrogens is 2. The van der Waals surface area contributed by atoms with Crippen LogP contribution in [0.15, 0.2) is 42.7 Å². The summed E-state index contributed by atoms with van der Waals surface area (Å²) in [7, 11) is 0. The first kappa shape index (κ1) is 18.4. The number of anilines is 1. The Morgan fingerprint density at radius 3 is 2.60 bits per heavy atom. The molecule has 0 saturated carbocycles. The Kier molecular flexibility index (Phi) is 5.41. The van der Waals surface area contributed by atoms with Gasteiger partial charge in [0.15, 0.2) is 5.78 Å². The number of amides is 1. The number of carbonyl (C=O) groups excluding carboxylic acids is 2. The predicted molar refractivity (Wildman–Crippen MR) is 87.1 cm³/mol. The Bertz CT molecular complexity index is 807. The average molecular weight is 351 g/mol. The summed E-state index contributed by atoms with van der Waals surface area (Å²) in [5, 5.41) is 5.83. The zero-order valence-corrected chi connectivity index (χ0v) is 13.5. The van der Waals surface area contributed by atoms with Gasteiger partial charge in [-0.05, 0) is 37.6 Å². The second kappa shape index (κ2) is 7.33. The Labute approximate surface area is 142 Å². The van der Waals surface area contributed by atoms with Gasteiger partial charge in [-0.15, -0.1) is 0 Å².